The van der Waals surface area contributed by atoms with Gasteiger partial charge in [-0.3, -0.25) is 4.90 Å². The van der Waals surface area contributed by atoms with Gasteiger partial charge in [-0.2, -0.15) is 23.7 Å². The van der Waals surface area contributed by atoms with Crippen molar-refractivity contribution in [2.75, 3.05) is 32.0 Å². The summed E-state index contributed by atoms with van der Waals surface area (Å²) in [6, 6.07) is 10.3. The zero-order valence-corrected chi connectivity index (χ0v) is 18.1. The number of ether oxygens (including phenoxy) is 1. The fourth-order valence-corrected chi connectivity index (χ4v) is 4.63. The topological polar surface area (TPSA) is 99.0 Å². The van der Waals surface area contributed by atoms with Crippen LogP contribution < -0.4 is 5.73 Å². The van der Waals surface area contributed by atoms with Gasteiger partial charge in [0, 0.05) is 41.0 Å². The highest BCUT2D eigenvalue weighted by molar-refractivity contribution is 7.10. The molecule has 2 aromatic heterocycles. The van der Waals surface area contributed by atoms with E-state index < -0.39 is 11.7 Å². The number of anilines is 1. The third-order valence-corrected chi connectivity index (χ3v) is 6.28. The minimum Gasteiger partial charge on any atom is -0.383 e. The van der Waals surface area contributed by atoms with Gasteiger partial charge in [0.1, 0.15) is 23.5 Å². The van der Waals surface area contributed by atoms with Crippen LogP contribution in [-0.2, 0) is 17.5 Å². The van der Waals surface area contributed by atoms with Crippen molar-refractivity contribution in [1.82, 2.24) is 9.88 Å². The summed E-state index contributed by atoms with van der Waals surface area (Å²) in [5.41, 5.74) is 6.71. The summed E-state index contributed by atoms with van der Waals surface area (Å²) in [4.78, 5) is 7.64. The predicted molar refractivity (Wildman–Crippen MR) is 118 cm³/mol. The number of rotatable bonds is 4. The smallest absolute Gasteiger partial charge is 0.383 e. The highest BCUT2D eigenvalue weighted by Gasteiger charge is 2.30. The van der Waals surface area contributed by atoms with Crippen LogP contribution in [0, 0.1) is 22.7 Å². The first-order chi connectivity index (χ1) is 15.8. The molecule has 1 aliphatic rings. The number of nitrogen functional groups attached to an aromatic ring is 1. The van der Waals surface area contributed by atoms with Gasteiger partial charge in [-0.15, -0.1) is 11.3 Å². The summed E-state index contributed by atoms with van der Waals surface area (Å²) < 4.78 is 44.3. The molecule has 3 aromatic rings. The largest absolute Gasteiger partial charge is 0.416 e. The highest BCUT2D eigenvalue weighted by Crippen LogP contribution is 2.38. The molecule has 4 rings (SSSR count). The molecule has 10 heteroatoms. The molecule has 2 N–H and O–H groups in total. The molecule has 168 valence electrons. The van der Waals surface area contributed by atoms with Crippen LogP contribution in [-0.4, -0.2) is 36.2 Å². The van der Waals surface area contributed by atoms with Crippen LogP contribution in [0.4, 0.5) is 19.0 Å². The van der Waals surface area contributed by atoms with Gasteiger partial charge in [0.2, 0.25) is 0 Å². The molecule has 0 unspecified atom stereocenters. The molecule has 0 aliphatic carbocycles. The molecule has 0 amide bonds. The number of nitrogens with two attached hydrogens (primary N) is 1. The van der Waals surface area contributed by atoms with Crippen LogP contribution in [0.5, 0.6) is 0 Å². The molecule has 0 saturated carbocycles. The average molecular weight is 469 g/mol. The SMILES string of the molecule is N#Cc1c(N)nc(-c2csc(CN3CCOCC3)c2)c(C#N)c1-c1ccc(C(F)(F)F)cc1. The second kappa shape index (κ2) is 9.20. The Morgan fingerprint density at radius 2 is 1.73 bits per heavy atom. The fourth-order valence-electron chi connectivity index (χ4n) is 3.72. The van der Waals surface area contributed by atoms with E-state index in [1.807, 2.05) is 17.5 Å². The fraction of sp³-hybridized carbons (Fsp3) is 0.261. The third kappa shape index (κ3) is 4.69. The van der Waals surface area contributed by atoms with Crippen molar-refractivity contribution in [3.63, 3.8) is 0 Å². The van der Waals surface area contributed by atoms with E-state index in [0.29, 0.717) is 24.5 Å². The molecular weight excluding hydrogens is 451 g/mol. The molecule has 1 fully saturated rings. The summed E-state index contributed by atoms with van der Waals surface area (Å²) in [5, 5.41) is 21.4. The Balaban J connectivity index is 1.77. The van der Waals surface area contributed by atoms with Gasteiger partial charge in [-0.05, 0) is 23.8 Å². The number of hydrogen-bond donors (Lipinski definition) is 1. The average Bonchev–Trinajstić information content (AvgIpc) is 3.26. The molecule has 1 aliphatic heterocycles. The van der Waals surface area contributed by atoms with Gasteiger partial charge < -0.3 is 10.5 Å². The normalized spacial score (nSPS) is 14.6. The van der Waals surface area contributed by atoms with Gasteiger partial charge >= 0.3 is 6.18 Å². The van der Waals surface area contributed by atoms with Crippen LogP contribution in [0.3, 0.4) is 0 Å². The van der Waals surface area contributed by atoms with E-state index in [-0.39, 0.29) is 28.1 Å². The van der Waals surface area contributed by atoms with Crippen molar-refractivity contribution in [2.45, 2.75) is 12.7 Å². The lowest BCUT2D eigenvalue weighted by Crippen LogP contribution is -2.35. The number of thiophene rings is 1. The van der Waals surface area contributed by atoms with Gasteiger partial charge in [-0.25, -0.2) is 4.98 Å². The zero-order valence-electron chi connectivity index (χ0n) is 17.3. The molecule has 1 saturated heterocycles. The molecular formula is C23H18F3N5OS. The van der Waals surface area contributed by atoms with Gasteiger partial charge in [0.05, 0.1) is 30.0 Å². The quantitative estimate of drug-likeness (QED) is 0.597. The summed E-state index contributed by atoms with van der Waals surface area (Å²) in [5.74, 6) is -0.0812. The van der Waals surface area contributed by atoms with E-state index in [4.69, 9.17) is 10.5 Å². The maximum atomic E-state index is 13.0. The Hall–Kier alpha value is -3.44. The van der Waals surface area contributed by atoms with Crippen LogP contribution in [0.2, 0.25) is 0 Å². The highest BCUT2D eigenvalue weighted by atomic mass is 32.1. The van der Waals surface area contributed by atoms with Crippen LogP contribution in [0.15, 0.2) is 35.7 Å². The number of hydrogen-bond acceptors (Lipinski definition) is 7. The molecule has 33 heavy (non-hydrogen) atoms. The second-order valence-electron chi connectivity index (χ2n) is 7.46. The number of alkyl halides is 3. The Labute approximate surface area is 192 Å². The van der Waals surface area contributed by atoms with Crippen molar-refractivity contribution in [3.8, 4) is 34.5 Å². The number of nitrogens with zero attached hydrogens (tertiary/aromatic N) is 4. The predicted octanol–water partition coefficient (Wildman–Crippen LogP) is 4.65. The van der Waals surface area contributed by atoms with E-state index in [0.717, 1.165) is 36.6 Å². The maximum Gasteiger partial charge on any atom is 0.416 e. The number of benzene rings is 1. The van der Waals surface area contributed by atoms with Crippen LogP contribution in [0.25, 0.3) is 22.4 Å². The van der Waals surface area contributed by atoms with Crippen molar-refractivity contribution in [1.29, 1.82) is 10.5 Å². The molecule has 6 nitrogen and oxygen atoms in total. The lowest BCUT2D eigenvalue weighted by Gasteiger charge is -2.25. The maximum absolute atomic E-state index is 13.0. The first kappa shape index (κ1) is 22.7. The monoisotopic (exact) mass is 469 g/mol. The minimum absolute atomic E-state index is 0.0428. The molecule has 3 heterocycles. The molecule has 0 spiro atoms. The minimum atomic E-state index is -4.50. The number of halogens is 3. The first-order valence-electron chi connectivity index (χ1n) is 10.0. The van der Waals surface area contributed by atoms with Gasteiger partial charge in [0.25, 0.3) is 0 Å². The van der Waals surface area contributed by atoms with Crippen molar-refractivity contribution in [3.05, 3.63) is 57.3 Å². The van der Waals surface area contributed by atoms with Gasteiger partial charge in [0.15, 0.2) is 0 Å². The number of nitriles is 2. The lowest BCUT2D eigenvalue weighted by molar-refractivity contribution is -0.137. The van der Waals surface area contributed by atoms with Crippen LogP contribution in [0.1, 0.15) is 21.6 Å². The third-order valence-electron chi connectivity index (χ3n) is 5.36. The molecule has 0 atom stereocenters. The van der Waals surface area contributed by atoms with E-state index >= 15 is 0 Å². The summed E-state index contributed by atoms with van der Waals surface area (Å²) in [7, 11) is 0. The van der Waals surface area contributed by atoms with Crippen LogP contribution >= 0.6 is 11.3 Å². The standard InChI is InChI=1S/C23H18F3N5OS/c24-23(25,26)16-3-1-14(2-4-16)20-18(10-27)21(30-22(29)19(20)11-28)15-9-17(33-13-15)12-31-5-7-32-8-6-31/h1-4,9,13H,5-8,12H2,(H2,29,30). The van der Waals surface area contributed by atoms with Gasteiger partial charge in [-0.1, -0.05) is 12.1 Å². The van der Waals surface area contributed by atoms with E-state index in [2.05, 4.69) is 16.0 Å². The molecule has 0 bridgehead atoms. The van der Waals surface area contributed by atoms with E-state index in [9.17, 15) is 23.7 Å². The summed E-state index contributed by atoms with van der Waals surface area (Å²) >= 11 is 1.52. The van der Waals surface area contributed by atoms with E-state index in [1.54, 1.807) is 0 Å². The molecule has 1 aromatic carbocycles. The zero-order chi connectivity index (χ0) is 23.6. The second-order valence-corrected chi connectivity index (χ2v) is 8.46. The Morgan fingerprint density at radius 1 is 1.06 bits per heavy atom. The number of morpholine rings is 1. The van der Waals surface area contributed by atoms with E-state index in [1.165, 1.54) is 23.5 Å². The first-order valence-corrected chi connectivity index (χ1v) is 10.9. The summed E-state index contributed by atoms with van der Waals surface area (Å²) in [6.45, 7) is 3.75. The summed E-state index contributed by atoms with van der Waals surface area (Å²) in [6.07, 6.45) is -4.50. The van der Waals surface area contributed by atoms with Crippen molar-refractivity contribution >= 4 is 17.2 Å². The Morgan fingerprint density at radius 3 is 2.33 bits per heavy atom. The Bertz CT molecular complexity index is 1250. The lowest BCUT2D eigenvalue weighted by atomic mass is 9.92. The number of aromatic nitrogens is 1. The van der Waals surface area contributed by atoms with Crippen molar-refractivity contribution < 1.29 is 17.9 Å². The number of pyridine rings is 1. The van der Waals surface area contributed by atoms with Crippen molar-refractivity contribution in [2.24, 2.45) is 0 Å². The molecule has 0 radical (unpaired) electrons. The Kier molecular flexibility index (Phi) is 6.34.